The van der Waals surface area contributed by atoms with E-state index < -0.39 is 0 Å². The van der Waals surface area contributed by atoms with Crippen LogP contribution >= 0.6 is 0 Å². The second-order valence-corrected chi connectivity index (χ2v) is 4.37. The molecule has 0 radical (unpaired) electrons. The largest absolute Gasteiger partial charge is 0.366 e. The minimum atomic E-state index is 0.112. The van der Waals surface area contributed by atoms with Crippen LogP contribution in [0.4, 0.5) is 0 Å². The molecule has 1 aliphatic heterocycles. The highest BCUT2D eigenvalue weighted by molar-refractivity contribution is 5.11. The number of hydrogen-bond acceptors (Lipinski definition) is 1. The summed E-state index contributed by atoms with van der Waals surface area (Å²) in [6.45, 7) is 7.28. The van der Waals surface area contributed by atoms with Crippen LogP contribution in [0.15, 0.2) is 0 Å². The van der Waals surface area contributed by atoms with Crippen molar-refractivity contribution < 1.29 is 4.74 Å². The molecule has 1 nitrogen and oxygen atoms in total. The first-order valence-corrected chi connectivity index (χ1v) is 4.72. The van der Waals surface area contributed by atoms with Crippen molar-refractivity contribution in [2.75, 3.05) is 6.61 Å². The summed E-state index contributed by atoms with van der Waals surface area (Å²) in [7, 11) is 0. The molecule has 0 saturated carbocycles. The minimum absolute atomic E-state index is 0.112. The van der Waals surface area contributed by atoms with Crippen LogP contribution in [-0.2, 0) is 4.74 Å². The predicted octanol–water partition coefficient (Wildman–Crippen LogP) is 2.61. The lowest BCUT2D eigenvalue weighted by Gasteiger charge is -2.18. The van der Waals surface area contributed by atoms with Crippen LogP contribution in [0.5, 0.6) is 0 Å². The summed E-state index contributed by atoms with van der Waals surface area (Å²) in [5.74, 6) is 6.41. The Morgan fingerprint density at radius 1 is 1.25 bits per heavy atom. The summed E-state index contributed by atoms with van der Waals surface area (Å²) in [4.78, 5) is 0. The van der Waals surface area contributed by atoms with Gasteiger partial charge in [0.05, 0.1) is 0 Å². The first-order valence-electron chi connectivity index (χ1n) is 4.72. The molecule has 0 spiro atoms. The topological polar surface area (TPSA) is 9.23 Å². The van der Waals surface area contributed by atoms with Crippen LogP contribution in [0.1, 0.15) is 40.0 Å². The summed E-state index contributed by atoms with van der Waals surface area (Å²) < 4.78 is 5.50. The average Bonchev–Trinajstić information content (AvgIpc) is 2.02. The lowest BCUT2D eigenvalue weighted by molar-refractivity contribution is 0.0523. The molecule has 0 bridgehead atoms. The summed E-state index contributed by atoms with van der Waals surface area (Å²) in [5, 5.41) is 0. The third kappa shape index (κ3) is 3.78. The molecule has 1 heterocycles. The minimum Gasteiger partial charge on any atom is -0.366 e. The van der Waals surface area contributed by atoms with Crippen LogP contribution < -0.4 is 0 Å². The molecule has 68 valence electrons. The number of ether oxygens (including phenoxy) is 1. The first-order chi connectivity index (χ1) is 5.58. The zero-order chi connectivity index (χ0) is 9.03. The Kier molecular flexibility index (Phi) is 3.17. The standard InChI is InChI=1S/C11H18O/c1-11(2,3)8-7-10-6-4-5-9-12-10/h10H,4-6,9H2,1-3H3. The van der Waals surface area contributed by atoms with Crippen LogP contribution in [0.25, 0.3) is 0 Å². The van der Waals surface area contributed by atoms with E-state index in [0.29, 0.717) is 0 Å². The molecule has 1 saturated heterocycles. The molecule has 12 heavy (non-hydrogen) atoms. The SMILES string of the molecule is CC(C)(C)C#CC1CCCCO1. The zero-order valence-electron chi connectivity index (χ0n) is 8.31. The van der Waals surface area contributed by atoms with Gasteiger partial charge >= 0.3 is 0 Å². The Morgan fingerprint density at radius 2 is 2.00 bits per heavy atom. The third-order valence-electron chi connectivity index (χ3n) is 1.79. The highest BCUT2D eigenvalue weighted by Crippen LogP contribution is 2.14. The smallest absolute Gasteiger partial charge is 0.118 e. The van der Waals surface area contributed by atoms with Gasteiger partial charge in [-0.15, -0.1) is 0 Å². The van der Waals surface area contributed by atoms with Gasteiger partial charge in [-0.25, -0.2) is 0 Å². The van der Waals surface area contributed by atoms with Crippen LogP contribution in [-0.4, -0.2) is 12.7 Å². The van der Waals surface area contributed by atoms with E-state index in [2.05, 4.69) is 32.6 Å². The fraction of sp³-hybridized carbons (Fsp3) is 0.818. The quantitative estimate of drug-likeness (QED) is 0.503. The van der Waals surface area contributed by atoms with E-state index in [1.807, 2.05) is 0 Å². The van der Waals surface area contributed by atoms with Gasteiger partial charge in [0.15, 0.2) is 0 Å². The van der Waals surface area contributed by atoms with Crippen molar-refractivity contribution in [1.29, 1.82) is 0 Å². The first kappa shape index (κ1) is 9.61. The van der Waals surface area contributed by atoms with Crippen molar-refractivity contribution in [2.45, 2.75) is 46.1 Å². The van der Waals surface area contributed by atoms with Crippen molar-refractivity contribution in [1.82, 2.24) is 0 Å². The predicted molar refractivity (Wildman–Crippen MR) is 50.8 cm³/mol. The van der Waals surface area contributed by atoms with Gasteiger partial charge in [0.2, 0.25) is 0 Å². The molecule has 0 aromatic rings. The van der Waals surface area contributed by atoms with Gasteiger partial charge in [0, 0.05) is 12.0 Å². The van der Waals surface area contributed by atoms with Crippen molar-refractivity contribution in [2.24, 2.45) is 5.41 Å². The maximum atomic E-state index is 5.50. The third-order valence-corrected chi connectivity index (χ3v) is 1.79. The van der Waals surface area contributed by atoms with E-state index >= 15 is 0 Å². The monoisotopic (exact) mass is 166 g/mol. The van der Waals surface area contributed by atoms with Gasteiger partial charge in [-0.05, 0) is 40.0 Å². The highest BCUT2D eigenvalue weighted by atomic mass is 16.5. The normalized spacial score (nSPS) is 24.4. The Bertz CT molecular complexity index is 183. The maximum absolute atomic E-state index is 5.50. The average molecular weight is 166 g/mol. The molecule has 0 amide bonds. The van der Waals surface area contributed by atoms with Crippen LogP contribution in [0.3, 0.4) is 0 Å². The molecule has 1 rings (SSSR count). The molecular formula is C11H18O. The molecule has 1 heteroatoms. The van der Waals surface area contributed by atoms with Crippen molar-refractivity contribution in [3.05, 3.63) is 0 Å². The fourth-order valence-corrected chi connectivity index (χ4v) is 1.15. The van der Waals surface area contributed by atoms with Crippen molar-refractivity contribution >= 4 is 0 Å². The summed E-state index contributed by atoms with van der Waals surface area (Å²) >= 11 is 0. The molecule has 1 atom stereocenters. The number of rotatable bonds is 0. The molecule has 0 aromatic heterocycles. The van der Waals surface area contributed by atoms with Gasteiger partial charge in [0.25, 0.3) is 0 Å². The molecule has 0 aromatic carbocycles. The van der Waals surface area contributed by atoms with E-state index in [1.54, 1.807) is 0 Å². The van der Waals surface area contributed by atoms with E-state index in [0.717, 1.165) is 13.0 Å². The molecule has 1 unspecified atom stereocenters. The Labute approximate surface area is 75.5 Å². The molecule has 0 aliphatic carbocycles. The summed E-state index contributed by atoms with van der Waals surface area (Å²) in [5.41, 5.74) is 0.112. The lowest BCUT2D eigenvalue weighted by atomic mass is 9.97. The maximum Gasteiger partial charge on any atom is 0.118 e. The van der Waals surface area contributed by atoms with Crippen LogP contribution in [0.2, 0.25) is 0 Å². The number of hydrogen-bond donors (Lipinski definition) is 0. The van der Waals surface area contributed by atoms with E-state index in [1.165, 1.54) is 12.8 Å². The highest BCUT2D eigenvalue weighted by Gasteiger charge is 2.11. The van der Waals surface area contributed by atoms with Crippen molar-refractivity contribution in [3.8, 4) is 11.8 Å². The van der Waals surface area contributed by atoms with E-state index in [9.17, 15) is 0 Å². The van der Waals surface area contributed by atoms with Gasteiger partial charge in [0.1, 0.15) is 6.10 Å². The Hall–Kier alpha value is -0.480. The Balaban J connectivity index is 2.41. The molecule has 0 N–H and O–H groups in total. The second-order valence-electron chi connectivity index (χ2n) is 4.37. The summed E-state index contributed by atoms with van der Waals surface area (Å²) in [6.07, 6.45) is 3.79. The van der Waals surface area contributed by atoms with Gasteiger partial charge < -0.3 is 4.74 Å². The van der Waals surface area contributed by atoms with E-state index in [-0.39, 0.29) is 11.5 Å². The lowest BCUT2D eigenvalue weighted by Crippen LogP contribution is -2.17. The second kappa shape index (κ2) is 3.96. The van der Waals surface area contributed by atoms with E-state index in [4.69, 9.17) is 4.74 Å². The molecular weight excluding hydrogens is 148 g/mol. The van der Waals surface area contributed by atoms with Gasteiger partial charge in [-0.1, -0.05) is 11.8 Å². The van der Waals surface area contributed by atoms with Crippen molar-refractivity contribution in [3.63, 3.8) is 0 Å². The van der Waals surface area contributed by atoms with Gasteiger partial charge in [-0.3, -0.25) is 0 Å². The fourth-order valence-electron chi connectivity index (χ4n) is 1.15. The molecule has 1 fully saturated rings. The Morgan fingerprint density at radius 3 is 2.50 bits per heavy atom. The summed E-state index contributed by atoms with van der Waals surface area (Å²) in [6, 6.07) is 0. The van der Waals surface area contributed by atoms with Crippen LogP contribution in [0, 0.1) is 17.3 Å². The van der Waals surface area contributed by atoms with Gasteiger partial charge in [-0.2, -0.15) is 0 Å². The molecule has 1 aliphatic rings. The zero-order valence-corrected chi connectivity index (χ0v) is 8.31.